The van der Waals surface area contributed by atoms with E-state index < -0.39 is 18.1 Å². The minimum absolute atomic E-state index is 0.390. The third kappa shape index (κ3) is 2.69. The molecule has 1 saturated carbocycles. The van der Waals surface area contributed by atoms with Gasteiger partial charge in [-0.3, -0.25) is 4.79 Å². The van der Waals surface area contributed by atoms with Gasteiger partial charge < -0.3 is 15.2 Å². The van der Waals surface area contributed by atoms with E-state index in [0.717, 1.165) is 12.5 Å². The van der Waals surface area contributed by atoms with Crippen molar-refractivity contribution in [3.8, 4) is 0 Å². The van der Waals surface area contributed by atoms with Crippen molar-refractivity contribution in [1.29, 1.82) is 0 Å². The molecule has 0 heterocycles. The molecule has 2 aliphatic carbocycles. The number of rotatable bonds is 5. The Morgan fingerprint density at radius 2 is 2.29 bits per heavy atom. The molecule has 0 unspecified atom stereocenters. The molecule has 0 saturated heterocycles. The number of fused-ring (bicyclic) bond motifs is 2. The molecule has 0 radical (unpaired) electrons. The second-order valence-electron chi connectivity index (χ2n) is 5.19. The van der Waals surface area contributed by atoms with Crippen LogP contribution in [0.15, 0.2) is 12.2 Å². The van der Waals surface area contributed by atoms with E-state index in [1.165, 1.54) is 20.0 Å². The SMILES string of the molecule is COC(=O)[C@H](NC[C@@H]1C[C@H]2C=C[C@H]1C2)[C@@H](C)O. The number of aliphatic hydroxyl groups excluding tert-OH is 1. The maximum Gasteiger partial charge on any atom is 0.325 e. The molecule has 0 aromatic heterocycles. The number of allylic oxidation sites excluding steroid dienone is 2. The summed E-state index contributed by atoms with van der Waals surface area (Å²) >= 11 is 0. The van der Waals surface area contributed by atoms with Crippen molar-refractivity contribution < 1.29 is 14.6 Å². The summed E-state index contributed by atoms with van der Waals surface area (Å²) in [5.74, 6) is 1.59. The van der Waals surface area contributed by atoms with Crippen molar-refractivity contribution in [2.45, 2.75) is 31.9 Å². The van der Waals surface area contributed by atoms with Gasteiger partial charge in [0, 0.05) is 0 Å². The Hall–Kier alpha value is -0.870. The predicted octanol–water partition coefficient (Wildman–Crippen LogP) is 0.711. The highest BCUT2D eigenvalue weighted by atomic mass is 16.5. The zero-order valence-corrected chi connectivity index (χ0v) is 10.4. The average molecular weight is 239 g/mol. The van der Waals surface area contributed by atoms with Crippen LogP contribution in [0.2, 0.25) is 0 Å². The van der Waals surface area contributed by atoms with Crippen molar-refractivity contribution in [2.24, 2.45) is 17.8 Å². The summed E-state index contributed by atoms with van der Waals surface area (Å²) in [7, 11) is 1.35. The van der Waals surface area contributed by atoms with Gasteiger partial charge in [0.2, 0.25) is 0 Å². The van der Waals surface area contributed by atoms with Crippen LogP contribution in [0.1, 0.15) is 19.8 Å². The fourth-order valence-electron chi connectivity index (χ4n) is 2.99. The van der Waals surface area contributed by atoms with Gasteiger partial charge in [-0.15, -0.1) is 0 Å². The van der Waals surface area contributed by atoms with E-state index in [-0.39, 0.29) is 0 Å². The van der Waals surface area contributed by atoms with Gasteiger partial charge in [0.1, 0.15) is 6.04 Å². The molecule has 17 heavy (non-hydrogen) atoms. The monoisotopic (exact) mass is 239 g/mol. The van der Waals surface area contributed by atoms with Gasteiger partial charge in [0.25, 0.3) is 0 Å². The molecule has 4 nitrogen and oxygen atoms in total. The largest absolute Gasteiger partial charge is 0.468 e. The van der Waals surface area contributed by atoms with Gasteiger partial charge in [-0.05, 0) is 44.1 Å². The first kappa shape index (κ1) is 12.6. The normalized spacial score (nSPS) is 33.7. The molecular formula is C13H21NO3. The summed E-state index contributed by atoms with van der Waals surface area (Å²) in [6.07, 6.45) is 6.31. The van der Waals surface area contributed by atoms with Gasteiger partial charge in [-0.1, -0.05) is 12.2 Å². The highest BCUT2D eigenvalue weighted by Gasteiger charge is 2.36. The van der Waals surface area contributed by atoms with Crippen LogP contribution < -0.4 is 5.32 Å². The molecule has 2 N–H and O–H groups in total. The molecular weight excluding hydrogens is 218 g/mol. The number of carbonyl (C=O) groups is 1. The van der Waals surface area contributed by atoms with E-state index in [4.69, 9.17) is 0 Å². The third-order valence-electron chi connectivity index (χ3n) is 3.95. The Kier molecular flexibility index (Phi) is 3.84. The highest BCUT2D eigenvalue weighted by Crippen LogP contribution is 2.42. The predicted molar refractivity (Wildman–Crippen MR) is 64.3 cm³/mol. The summed E-state index contributed by atoms with van der Waals surface area (Å²) in [6.45, 7) is 2.38. The Labute approximate surface area is 102 Å². The van der Waals surface area contributed by atoms with E-state index in [1.807, 2.05) is 0 Å². The topological polar surface area (TPSA) is 58.6 Å². The van der Waals surface area contributed by atoms with Crippen molar-refractivity contribution in [3.05, 3.63) is 12.2 Å². The zero-order chi connectivity index (χ0) is 12.4. The van der Waals surface area contributed by atoms with Gasteiger partial charge in [0.05, 0.1) is 13.2 Å². The quantitative estimate of drug-likeness (QED) is 0.548. The second-order valence-corrected chi connectivity index (χ2v) is 5.19. The number of nitrogens with one attached hydrogen (secondary N) is 1. The van der Waals surface area contributed by atoms with Crippen molar-refractivity contribution in [1.82, 2.24) is 5.32 Å². The minimum Gasteiger partial charge on any atom is -0.468 e. The minimum atomic E-state index is -0.725. The van der Waals surface area contributed by atoms with Crippen LogP contribution in [0, 0.1) is 17.8 Å². The lowest BCUT2D eigenvalue weighted by molar-refractivity contribution is -0.145. The van der Waals surface area contributed by atoms with Gasteiger partial charge in [-0.25, -0.2) is 0 Å². The number of hydrogen-bond donors (Lipinski definition) is 2. The maximum absolute atomic E-state index is 11.5. The number of ether oxygens (including phenoxy) is 1. The number of esters is 1. The third-order valence-corrected chi connectivity index (χ3v) is 3.95. The van der Waals surface area contributed by atoms with Crippen LogP contribution in [0.3, 0.4) is 0 Å². The maximum atomic E-state index is 11.5. The lowest BCUT2D eigenvalue weighted by atomic mass is 9.93. The molecule has 0 aromatic rings. The summed E-state index contributed by atoms with van der Waals surface area (Å²) < 4.78 is 4.68. The second kappa shape index (κ2) is 5.19. The Morgan fingerprint density at radius 3 is 2.76 bits per heavy atom. The number of aliphatic hydroxyl groups is 1. The van der Waals surface area contributed by atoms with Crippen LogP contribution in [0.4, 0.5) is 0 Å². The Balaban J connectivity index is 1.83. The van der Waals surface area contributed by atoms with Crippen molar-refractivity contribution in [3.63, 3.8) is 0 Å². The van der Waals surface area contributed by atoms with Crippen LogP contribution in [-0.2, 0) is 9.53 Å². The average Bonchev–Trinajstić information content (AvgIpc) is 2.90. The molecule has 0 aliphatic heterocycles. The van der Waals surface area contributed by atoms with E-state index in [2.05, 4.69) is 22.2 Å². The molecule has 5 atom stereocenters. The fraction of sp³-hybridized carbons (Fsp3) is 0.769. The molecule has 0 spiro atoms. The molecule has 2 aliphatic rings. The molecule has 0 aromatic carbocycles. The number of methoxy groups -OCH3 is 1. The van der Waals surface area contributed by atoms with E-state index >= 15 is 0 Å². The smallest absolute Gasteiger partial charge is 0.325 e. The van der Waals surface area contributed by atoms with Crippen molar-refractivity contribution >= 4 is 5.97 Å². The Bertz CT molecular complexity index is 314. The first-order chi connectivity index (χ1) is 8.11. The van der Waals surface area contributed by atoms with E-state index in [1.54, 1.807) is 6.92 Å². The van der Waals surface area contributed by atoms with Crippen LogP contribution >= 0.6 is 0 Å². The molecule has 1 fully saturated rings. The lowest BCUT2D eigenvalue weighted by Crippen LogP contribution is -2.47. The number of hydrogen-bond acceptors (Lipinski definition) is 4. The molecule has 96 valence electrons. The van der Waals surface area contributed by atoms with Gasteiger partial charge >= 0.3 is 5.97 Å². The first-order valence-corrected chi connectivity index (χ1v) is 6.29. The van der Waals surface area contributed by atoms with Crippen LogP contribution in [0.5, 0.6) is 0 Å². The highest BCUT2D eigenvalue weighted by molar-refractivity contribution is 5.76. The summed E-state index contributed by atoms with van der Waals surface area (Å²) in [6, 6.07) is -0.608. The summed E-state index contributed by atoms with van der Waals surface area (Å²) in [5, 5.41) is 12.7. The molecule has 2 bridgehead atoms. The molecule has 0 amide bonds. The standard InChI is InChI=1S/C13H21NO3/c1-8(15)12(13(16)17-2)14-7-11-6-9-3-4-10(11)5-9/h3-4,8-12,14-15H,5-7H2,1-2H3/t8-,9+,10+,11+,12-/m1/s1. The lowest BCUT2D eigenvalue weighted by Gasteiger charge is -2.24. The van der Waals surface area contributed by atoms with Crippen LogP contribution in [-0.4, -0.2) is 36.9 Å². The Morgan fingerprint density at radius 1 is 1.53 bits per heavy atom. The van der Waals surface area contributed by atoms with Crippen LogP contribution in [0.25, 0.3) is 0 Å². The van der Waals surface area contributed by atoms with E-state index in [9.17, 15) is 9.90 Å². The molecule has 2 rings (SSSR count). The van der Waals surface area contributed by atoms with E-state index in [0.29, 0.717) is 11.8 Å². The molecule has 4 heteroatoms. The summed E-state index contributed by atoms with van der Waals surface area (Å²) in [5.41, 5.74) is 0. The van der Waals surface area contributed by atoms with Gasteiger partial charge in [0.15, 0.2) is 0 Å². The number of carbonyl (C=O) groups excluding carboxylic acids is 1. The zero-order valence-electron chi connectivity index (χ0n) is 10.4. The fourth-order valence-corrected chi connectivity index (χ4v) is 2.99. The first-order valence-electron chi connectivity index (χ1n) is 6.29. The van der Waals surface area contributed by atoms with Crippen molar-refractivity contribution in [2.75, 3.05) is 13.7 Å². The van der Waals surface area contributed by atoms with Gasteiger partial charge in [-0.2, -0.15) is 0 Å². The summed E-state index contributed by atoms with van der Waals surface area (Å²) in [4.78, 5) is 11.5.